The predicted octanol–water partition coefficient (Wildman–Crippen LogP) is 3.23. The quantitative estimate of drug-likeness (QED) is 0.681. The van der Waals surface area contributed by atoms with Crippen LogP contribution in [0.3, 0.4) is 0 Å². The van der Waals surface area contributed by atoms with E-state index in [1.807, 2.05) is 19.9 Å². The van der Waals surface area contributed by atoms with E-state index in [0.29, 0.717) is 5.92 Å². The Hall–Kier alpha value is -0.820. The van der Waals surface area contributed by atoms with Gasteiger partial charge in [0.1, 0.15) is 0 Å². The first-order chi connectivity index (χ1) is 6.56. The Morgan fingerprint density at radius 3 is 2.79 bits per heavy atom. The van der Waals surface area contributed by atoms with Crippen molar-refractivity contribution < 1.29 is 5.11 Å². The smallest absolute Gasteiger partial charge is 0.0756 e. The van der Waals surface area contributed by atoms with Crippen molar-refractivity contribution in [2.24, 2.45) is 5.92 Å². The maximum atomic E-state index is 9.86. The highest BCUT2D eigenvalue weighted by atomic mass is 16.3. The maximum Gasteiger partial charge on any atom is 0.0756 e. The molecule has 0 fully saturated rings. The highest BCUT2D eigenvalue weighted by molar-refractivity contribution is 5.25. The fourth-order valence-electron chi connectivity index (χ4n) is 2.02. The third kappa shape index (κ3) is 2.36. The van der Waals surface area contributed by atoms with Crippen molar-refractivity contribution >= 4 is 0 Å². The number of hydrogen-bond acceptors (Lipinski definition) is 1. The Balaban J connectivity index is 2.84. The Bertz CT molecular complexity index is 273. The molecule has 0 unspecified atom stereocenters. The molecule has 1 heteroatoms. The van der Waals surface area contributed by atoms with Gasteiger partial charge in [-0.1, -0.05) is 23.8 Å². The normalized spacial score (nSPS) is 27.6. The zero-order valence-electron chi connectivity index (χ0n) is 9.21. The summed E-state index contributed by atoms with van der Waals surface area (Å²) >= 11 is 0. The van der Waals surface area contributed by atoms with Gasteiger partial charge >= 0.3 is 0 Å². The molecule has 2 atom stereocenters. The van der Waals surface area contributed by atoms with Crippen molar-refractivity contribution in [3.8, 4) is 0 Å². The van der Waals surface area contributed by atoms with Crippen LogP contribution in [0, 0.1) is 5.92 Å². The van der Waals surface area contributed by atoms with Crippen LogP contribution in [0.5, 0.6) is 0 Å². The number of aliphatic hydroxyl groups excluding tert-OH is 1. The van der Waals surface area contributed by atoms with Crippen LogP contribution < -0.4 is 0 Å². The first-order valence-corrected chi connectivity index (χ1v) is 5.19. The van der Waals surface area contributed by atoms with E-state index in [0.717, 1.165) is 24.8 Å². The van der Waals surface area contributed by atoms with Gasteiger partial charge in [0.15, 0.2) is 0 Å². The van der Waals surface area contributed by atoms with Crippen molar-refractivity contribution in [1.82, 2.24) is 0 Å². The topological polar surface area (TPSA) is 20.2 Å². The van der Waals surface area contributed by atoms with E-state index in [9.17, 15) is 5.11 Å². The molecule has 1 rings (SSSR count). The summed E-state index contributed by atoms with van der Waals surface area (Å²) in [5.74, 6) is 0.448. The largest absolute Gasteiger partial charge is 0.389 e. The molecule has 0 saturated carbocycles. The molecule has 1 nitrogen and oxygen atoms in total. The van der Waals surface area contributed by atoms with Crippen LogP contribution >= 0.6 is 0 Å². The minimum atomic E-state index is -0.277. The second kappa shape index (κ2) is 4.61. The van der Waals surface area contributed by atoms with Gasteiger partial charge in [-0.25, -0.2) is 0 Å². The monoisotopic (exact) mass is 192 g/mol. The molecule has 1 aliphatic rings. The zero-order valence-corrected chi connectivity index (χ0v) is 9.21. The first-order valence-electron chi connectivity index (χ1n) is 5.19. The van der Waals surface area contributed by atoms with E-state index < -0.39 is 0 Å². The van der Waals surface area contributed by atoms with Crippen molar-refractivity contribution in [1.29, 1.82) is 0 Å². The average molecular weight is 192 g/mol. The van der Waals surface area contributed by atoms with Crippen molar-refractivity contribution in [2.75, 3.05) is 0 Å². The summed E-state index contributed by atoms with van der Waals surface area (Å²) in [6.07, 6.45) is 4.41. The predicted molar refractivity (Wildman–Crippen MR) is 61.1 cm³/mol. The van der Waals surface area contributed by atoms with Gasteiger partial charge in [-0.3, -0.25) is 0 Å². The molecule has 1 aliphatic carbocycles. The summed E-state index contributed by atoms with van der Waals surface area (Å²) in [4.78, 5) is 0. The molecular weight excluding hydrogens is 172 g/mol. The fraction of sp³-hybridized carbons (Fsp3) is 0.538. The van der Waals surface area contributed by atoms with E-state index in [-0.39, 0.29) is 6.10 Å². The standard InChI is InChI=1S/C13H20O/c1-5-6-11-7-12(9(2)3)8-13(14)10(11)4/h5,12-14H,1-2,6-8H2,3-4H3/t12-,13-/m0/s1. The van der Waals surface area contributed by atoms with Crippen LogP contribution in [-0.4, -0.2) is 11.2 Å². The zero-order chi connectivity index (χ0) is 10.7. The molecule has 0 aromatic heterocycles. The fourth-order valence-corrected chi connectivity index (χ4v) is 2.02. The van der Waals surface area contributed by atoms with Crippen molar-refractivity contribution in [3.63, 3.8) is 0 Å². The molecule has 1 N–H and O–H groups in total. The van der Waals surface area contributed by atoms with Crippen LogP contribution in [0.25, 0.3) is 0 Å². The average Bonchev–Trinajstić information content (AvgIpc) is 2.12. The van der Waals surface area contributed by atoms with E-state index >= 15 is 0 Å². The Labute approximate surface area is 86.8 Å². The number of aliphatic hydroxyl groups is 1. The summed E-state index contributed by atoms with van der Waals surface area (Å²) in [6.45, 7) is 11.8. The maximum absolute atomic E-state index is 9.86. The van der Waals surface area contributed by atoms with Crippen molar-refractivity contribution in [2.45, 2.75) is 39.2 Å². The Morgan fingerprint density at radius 1 is 1.64 bits per heavy atom. The molecule has 14 heavy (non-hydrogen) atoms. The molecule has 0 heterocycles. The van der Waals surface area contributed by atoms with Gasteiger partial charge in [-0.2, -0.15) is 0 Å². The summed E-state index contributed by atoms with van der Waals surface area (Å²) in [5, 5.41) is 9.86. The highest BCUT2D eigenvalue weighted by Crippen LogP contribution is 2.34. The van der Waals surface area contributed by atoms with Crippen LogP contribution in [-0.2, 0) is 0 Å². The molecule has 0 spiro atoms. The molecule has 0 aliphatic heterocycles. The highest BCUT2D eigenvalue weighted by Gasteiger charge is 2.24. The van der Waals surface area contributed by atoms with Crippen LogP contribution in [0.1, 0.15) is 33.1 Å². The number of allylic oxidation sites excluding steroid dienone is 3. The van der Waals surface area contributed by atoms with Gasteiger partial charge in [-0.05, 0) is 44.6 Å². The van der Waals surface area contributed by atoms with Crippen molar-refractivity contribution in [3.05, 3.63) is 36.0 Å². The first kappa shape index (κ1) is 11.3. The molecule has 0 bridgehead atoms. The van der Waals surface area contributed by atoms with Crippen LogP contribution in [0.4, 0.5) is 0 Å². The second-order valence-electron chi connectivity index (χ2n) is 4.28. The molecule has 0 aromatic carbocycles. The molecule has 78 valence electrons. The molecule has 0 saturated heterocycles. The summed E-state index contributed by atoms with van der Waals surface area (Å²) in [6, 6.07) is 0. The van der Waals surface area contributed by atoms with Gasteiger partial charge < -0.3 is 5.11 Å². The molecular formula is C13H20O. The Kier molecular flexibility index (Phi) is 3.70. The minimum absolute atomic E-state index is 0.277. The molecule has 0 radical (unpaired) electrons. The minimum Gasteiger partial charge on any atom is -0.389 e. The van der Waals surface area contributed by atoms with Crippen LogP contribution in [0.15, 0.2) is 36.0 Å². The lowest BCUT2D eigenvalue weighted by Crippen LogP contribution is -2.22. The SMILES string of the molecule is C=CCC1=C(C)[C@@H](O)C[C@@H](C(=C)C)C1. The molecule has 0 aromatic rings. The summed E-state index contributed by atoms with van der Waals surface area (Å²) in [5.41, 5.74) is 3.66. The lowest BCUT2D eigenvalue weighted by molar-refractivity contribution is 0.171. The van der Waals surface area contributed by atoms with E-state index in [4.69, 9.17) is 0 Å². The van der Waals surface area contributed by atoms with Gasteiger partial charge in [-0.15, -0.1) is 6.58 Å². The Morgan fingerprint density at radius 2 is 2.29 bits per heavy atom. The summed E-state index contributed by atoms with van der Waals surface area (Å²) < 4.78 is 0. The third-order valence-electron chi connectivity index (χ3n) is 3.15. The third-order valence-corrected chi connectivity index (χ3v) is 3.15. The summed E-state index contributed by atoms with van der Waals surface area (Å²) in [7, 11) is 0. The number of rotatable bonds is 3. The van der Waals surface area contributed by atoms with Gasteiger partial charge in [0, 0.05) is 0 Å². The van der Waals surface area contributed by atoms with E-state index in [2.05, 4.69) is 13.2 Å². The van der Waals surface area contributed by atoms with Gasteiger partial charge in [0.05, 0.1) is 6.10 Å². The van der Waals surface area contributed by atoms with Gasteiger partial charge in [0.25, 0.3) is 0 Å². The lowest BCUT2D eigenvalue weighted by Gasteiger charge is -2.29. The van der Waals surface area contributed by atoms with Crippen LogP contribution in [0.2, 0.25) is 0 Å². The lowest BCUT2D eigenvalue weighted by atomic mass is 9.78. The van der Waals surface area contributed by atoms with E-state index in [1.165, 1.54) is 11.1 Å². The van der Waals surface area contributed by atoms with E-state index in [1.54, 1.807) is 0 Å². The molecule has 0 amide bonds. The second-order valence-corrected chi connectivity index (χ2v) is 4.28. The van der Waals surface area contributed by atoms with Gasteiger partial charge in [0.2, 0.25) is 0 Å². The number of hydrogen-bond donors (Lipinski definition) is 1.